The van der Waals surface area contributed by atoms with Crippen LogP contribution in [0.15, 0.2) is 10.7 Å². The predicted octanol–water partition coefficient (Wildman–Crippen LogP) is 2.72. The molecule has 2 fully saturated rings. The van der Waals surface area contributed by atoms with Crippen molar-refractivity contribution >= 4 is 27.7 Å². The summed E-state index contributed by atoms with van der Waals surface area (Å²) < 4.78 is 0.696. The number of piperidine rings is 1. The zero-order valence-electron chi connectivity index (χ0n) is 14.1. The van der Waals surface area contributed by atoms with Gasteiger partial charge in [-0.25, -0.2) is 0 Å². The van der Waals surface area contributed by atoms with Crippen LogP contribution in [0, 0.1) is 11.8 Å². The first-order chi connectivity index (χ1) is 11.5. The number of amides is 2. The lowest BCUT2D eigenvalue weighted by atomic mass is 9.86. The summed E-state index contributed by atoms with van der Waals surface area (Å²) in [6.07, 6.45) is 6.06. The highest BCUT2D eigenvalue weighted by Gasteiger charge is 2.30. The molecule has 132 valence electrons. The number of rotatable bonds is 3. The Labute approximate surface area is 150 Å². The van der Waals surface area contributed by atoms with Crippen molar-refractivity contribution in [3.05, 3.63) is 16.4 Å². The largest absolute Gasteiger partial charge is 0.353 e. The summed E-state index contributed by atoms with van der Waals surface area (Å²) in [6.45, 7) is 3.51. The lowest BCUT2D eigenvalue weighted by Crippen LogP contribution is -2.46. The van der Waals surface area contributed by atoms with Crippen LogP contribution in [0.4, 0.5) is 0 Å². The number of likely N-dealkylation sites (tertiary alicyclic amines) is 1. The standard InChI is InChI=1S/C17H25BrN4O2/c1-11-2-4-13(5-3-11)19-16(23)12-6-8-22(9-7-12)17(24)14-10-15(18)21-20-14/h10-13H,2-9H2,1H3,(H,19,23)(H,20,21)/t11-,13+. The molecule has 0 aromatic carbocycles. The second-order valence-corrected chi connectivity index (χ2v) is 7.99. The molecule has 0 unspecified atom stereocenters. The zero-order chi connectivity index (χ0) is 17.1. The van der Waals surface area contributed by atoms with Crippen molar-refractivity contribution in [2.45, 2.75) is 51.5 Å². The van der Waals surface area contributed by atoms with E-state index in [1.54, 1.807) is 11.0 Å². The molecule has 2 N–H and O–H groups in total. The third kappa shape index (κ3) is 4.18. The van der Waals surface area contributed by atoms with E-state index in [1.807, 2.05) is 0 Å². The van der Waals surface area contributed by atoms with Crippen LogP contribution in [0.5, 0.6) is 0 Å². The van der Waals surface area contributed by atoms with Crippen LogP contribution in [0.2, 0.25) is 0 Å². The van der Waals surface area contributed by atoms with Crippen LogP contribution in [-0.4, -0.2) is 46.0 Å². The fourth-order valence-electron chi connectivity index (χ4n) is 3.64. The second kappa shape index (κ2) is 7.68. The van der Waals surface area contributed by atoms with Gasteiger partial charge in [-0.15, -0.1) is 0 Å². The Morgan fingerprint density at radius 3 is 2.46 bits per heavy atom. The summed E-state index contributed by atoms with van der Waals surface area (Å²) in [5.74, 6) is 0.912. The fourth-order valence-corrected chi connectivity index (χ4v) is 3.94. The van der Waals surface area contributed by atoms with Gasteiger partial charge in [0.25, 0.3) is 5.91 Å². The third-order valence-corrected chi connectivity index (χ3v) is 5.69. The maximum atomic E-state index is 12.5. The molecule has 0 atom stereocenters. The van der Waals surface area contributed by atoms with Crippen LogP contribution in [0.3, 0.4) is 0 Å². The number of aromatic nitrogens is 2. The van der Waals surface area contributed by atoms with Crippen LogP contribution in [-0.2, 0) is 4.79 Å². The van der Waals surface area contributed by atoms with E-state index in [0.29, 0.717) is 29.4 Å². The predicted molar refractivity (Wildman–Crippen MR) is 94.5 cm³/mol. The number of hydrogen-bond acceptors (Lipinski definition) is 3. The lowest BCUT2D eigenvalue weighted by Gasteiger charge is -2.33. The number of nitrogens with one attached hydrogen (secondary N) is 2. The summed E-state index contributed by atoms with van der Waals surface area (Å²) in [7, 11) is 0. The van der Waals surface area contributed by atoms with E-state index in [9.17, 15) is 9.59 Å². The van der Waals surface area contributed by atoms with Gasteiger partial charge >= 0.3 is 0 Å². The van der Waals surface area contributed by atoms with Crippen LogP contribution >= 0.6 is 15.9 Å². The van der Waals surface area contributed by atoms with Crippen molar-refractivity contribution in [2.24, 2.45) is 11.8 Å². The first-order valence-electron chi connectivity index (χ1n) is 8.83. The molecule has 24 heavy (non-hydrogen) atoms. The average Bonchev–Trinajstić information content (AvgIpc) is 3.03. The molecule has 1 saturated carbocycles. The Hall–Kier alpha value is -1.37. The Bertz CT molecular complexity index is 587. The molecule has 3 rings (SSSR count). The van der Waals surface area contributed by atoms with E-state index >= 15 is 0 Å². The van der Waals surface area contributed by atoms with Crippen molar-refractivity contribution in [3.8, 4) is 0 Å². The molecule has 2 heterocycles. The molecule has 1 aliphatic heterocycles. The van der Waals surface area contributed by atoms with E-state index in [0.717, 1.165) is 31.6 Å². The molecule has 2 amide bonds. The van der Waals surface area contributed by atoms with E-state index in [-0.39, 0.29) is 17.7 Å². The minimum absolute atomic E-state index is 0.0271. The first-order valence-corrected chi connectivity index (χ1v) is 9.63. The Morgan fingerprint density at radius 1 is 1.21 bits per heavy atom. The van der Waals surface area contributed by atoms with Gasteiger partial charge in [0.2, 0.25) is 5.91 Å². The molecule has 1 saturated heterocycles. The van der Waals surface area contributed by atoms with Gasteiger partial charge in [-0.2, -0.15) is 5.10 Å². The second-order valence-electron chi connectivity index (χ2n) is 7.13. The maximum absolute atomic E-state index is 12.5. The molecule has 0 spiro atoms. The first kappa shape index (κ1) is 17.5. The van der Waals surface area contributed by atoms with Gasteiger partial charge in [-0.1, -0.05) is 6.92 Å². The molecule has 6 nitrogen and oxygen atoms in total. The molecule has 0 radical (unpaired) electrons. The van der Waals surface area contributed by atoms with Gasteiger partial charge in [0.05, 0.1) is 0 Å². The van der Waals surface area contributed by atoms with Crippen molar-refractivity contribution in [1.82, 2.24) is 20.4 Å². The Balaban J connectivity index is 1.46. The topological polar surface area (TPSA) is 78.1 Å². The van der Waals surface area contributed by atoms with Gasteiger partial charge in [0, 0.05) is 31.1 Å². The molecular formula is C17H25BrN4O2. The number of carbonyl (C=O) groups is 2. The van der Waals surface area contributed by atoms with Crippen LogP contribution in [0.25, 0.3) is 0 Å². The molecule has 2 aliphatic rings. The smallest absolute Gasteiger partial charge is 0.274 e. The quantitative estimate of drug-likeness (QED) is 0.824. The minimum atomic E-state index is -0.0722. The summed E-state index contributed by atoms with van der Waals surface area (Å²) in [5, 5.41) is 9.93. The zero-order valence-corrected chi connectivity index (χ0v) is 15.6. The molecule has 1 aliphatic carbocycles. The van der Waals surface area contributed by atoms with Gasteiger partial charge in [-0.05, 0) is 60.4 Å². The van der Waals surface area contributed by atoms with Crippen molar-refractivity contribution in [3.63, 3.8) is 0 Å². The molecular weight excluding hydrogens is 372 g/mol. The minimum Gasteiger partial charge on any atom is -0.353 e. The summed E-state index contributed by atoms with van der Waals surface area (Å²) in [4.78, 5) is 26.6. The summed E-state index contributed by atoms with van der Waals surface area (Å²) in [5.41, 5.74) is 0.418. The van der Waals surface area contributed by atoms with E-state index in [1.165, 1.54) is 12.8 Å². The SMILES string of the molecule is C[C@H]1CC[C@@H](NC(=O)C2CCN(C(=O)c3cc(Br)[nH]n3)CC2)CC1. The fraction of sp³-hybridized carbons (Fsp3) is 0.706. The number of halogens is 1. The van der Waals surface area contributed by atoms with E-state index in [2.05, 4.69) is 38.4 Å². The maximum Gasteiger partial charge on any atom is 0.274 e. The normalized spacial score (nSPS) is 25.5. The van der Waals surface area contributed by atoms with Gasteiger partial charge in [-0.3, -0.25) is 14.7 Å². The van der Waals surface area contributed by atoms with E-state index in [4.69, 9.17) is 0 Å². The number of H-pyrrole nitrogens is 1. The monoisotopic (exact) mass is 396 g/mol. The average molecular weight is 397 g/mol. The number of nitrogens with zero attached hydrogens (tertiary/aromatic N) is 2. The molecule has 7 heteroatoms. The van der Waals surface area contributed by atoms with Crippen molar-refractivity contribution in [1.29, 1.82) is 0 Å². The van der Waals surface area contributed by atoms with Crippen molar-refractivity contribution < 1.29 is 9.59 Å². The lowest BCUT2D eigenvalue weighted by molar-refractivity contribution is -0.127. The highest BCUT2D eigenvalue weighted by atomic mass is 79.9. The molecule has 1 aromatic heterocycles. The summed E-state index contributed by atoms with van der Waals surface area (Å²) in [6, 6.07) is 2.03. The van der Waals surface area contributed by atoms with Gasteiger partial charge in [0.15, 0.2) is 5.69 Å². The number of hydrogen-bond donors (Lipinski definition) is 2. The van der Waals surface area contributed by atoms with Crippen LogP contribution < -0.4 is 5.32 Å². The van der Waals surface area contributed by atoms with Gasteiger partial charge < -0.3 is 10.2 Å². The summed E-state index contributed by atoms with van der Waals surface area (Å²) >= 11 is 3.26. The van der Waals surface area contributed by atoms with Gasteiger partial charge in [0.1, 0.15) is 4.60 Å². The molecule has 0 bridgehead atoms. The van der Waals surface area contributed by atoms with Crippen molar-refractivity contribution in [2.75, 3.05) is 13.1 Å². The Kier molecular flexibility index (Phi) is 5.58. The number of carbonyl (C=O) groups excluding carboxylic acids is 2. The van der Waals surface area contributed by atoms with Crippen LogP contribution in [0.1, 0.15) is 55.9 Å². The highest BCUT2D eigenvalue weighted by Crippen LogP contribution is 2.25. The number of aromatic amines is 1. The highest BCUT2D eigenvalue weighted by molar-refractivity contribution is 9.10. The third-order valence-electron chi connectivity index (χ3n) is 5.28. The van der Waals surface area contributed by atoms with E-state index < -0.39 is 0 Å². The molecule has 1 aromatic rings. The Morgan fingerprint density at radius 2 is 1.88 bits per heavy atom.